The van der Waals surface area contributed by atoms with E-state index < -0.39 is 0 Å². The Morgan fingerprint density at radius 3 is 2.29 bits per heavy atom. The number of ether oxygens (including phenoxy) is 1. The molecule has 2 aromatic carbocycles. The van der Waals surface area contributed by atoms with Crippen LogP contribution in [0, 0.1) is 13.8 Å². The summed E-state index contributed by atoms with van der Waals surface area (Å²) in [4.78, 5) is 11.1. The SMILES string of the molecule is CCCc1cc(C)c(-c2cc(C=O)ccc2OC)c(C)c1. The highest BCUT2D eigenvalue weighted by molar-refractivity contribution is 5.83. The molecular formula is C19H22O2. The molecule has 2 heteroatoms. The maximum Gasteiger partial charge on any atom is 0.150 e. The maximum absolute atomic E-state index is 11.1. The molecule has 0 bridgehead atoms. The van der Waals surface area contributed by atoms with E-state index in [2.05, 4.69) is 32.9 Å². The molecular weight excluding hydrogens is 260 g/mol. The topological polar surface area (TPSA) is 26.3 Å². The van der Waals surface area contributed by atoms with Crippen molar-refractivity contribution < 1.29 is 9.53 Å². The minimum atomic E-state index is 0.669. The van der Waals surface area contributed by atoms with E-state index in [-0.39, 0.29) is 0 Å². The summed E-state index contributed by atoms with van der Waals surface area (Å²) in [5.74, 6) is 0.801. The molecule has 0 heterocycles. The van der Waals surface area contributed by atoms with Crippen LogP contribution in [-0.4, -0.2) is 13.4 Å². The lowest BCUT2D eigenvalue weighted by Gasteiger charge is -2.16. The van der Waals surface area contributed by atoms with Crippen LogP contribution in [0.15, 0.2) is 30.3 Å². The van der Waals surface area contributed by atoms with Crippen molar-refractivity contribution in [2.24, 2.45) is 0 Å². The Kier molecular flexibility index (Phi) is 4.79. The van der Waals surface area contributed by atoms with E-state index in [4.69, 9.17) is 4.74 Å². The van der Waals surface area contributed by atoms with Gasteiger partial charge in [-0.2, -0.15) is 0 Å². The normalized spacial score (nSPS) is 10.5. The van der Waals surface area contributed by atoms with Gasteiger partial charge in [0.05, 0.1) is 7.11 Å². The van der Waals surface area contributed by atoms with Crippen molar-refractivity contribution >= 4 is 6.29 Å². The lowest BCUT2D eigenvalue weighted by Crippen LogP contribution is -1.96. The summed E-state index contributed by atoms with van der Waals surface area (Å²) >= 11 is 0. The molecule has 0 spiro atoms. The van der Waals surface area contributed by atoms with Gasteiger partial charge in [0, 0.05) is 11.1 Å². The second kappa shape index (κ2) is 6.57. The first kappa shape index (κ1) is 15.3. The Bertz CT molecular complexity index is 634. The zero-order chi connectivity index (χ0) is 15.4. The highest BCUT2D eigenvalue weighted by atomic mass is 16.5. The van der Waals surface area contributed by atoms with Gasteiger partial charge in [0.25, 0.3) is 0 Å². The van der Waals surface area contributed by atoms with Crippen molar-refractivity contribution in [3.05, 3.63) is 52.6 Å². The summed E-state index contributed by atoms with van der Waals surface area (Å²) in [6.07, 6.45) is 3.11. The lowest BCUT2D eigenvalue weighted by molar-refractivity contribution is 0.112. The Balaban J connectivity index is 2.63. The molecule has 0 unspecified atom stereocenters. The van der Waals surface area contributed by atoms with Crippen LogP contribution >= 0.6 is 0 Å². The number of carbonyl (C=O) groups is 1. The molecule has 110 valence electrons. The number of rotatable bonds is 5. The number of carbonyl (C=O) groups excluding carboxylic acids is 1. The van der Waals surface area contributed by atoms with E-state index in [1.165, 1.54) is 16.7 Å². The molecule has 0 saturated heterocycles. The van der Waals surface area contributed by atoms with Gasteiger partial charge in [-0.15, -0.1) is 0 Å². The molecule has 0 aliphatic rings. The number of benzene rings is 2. The van der Waals surface area contributed by atoms with Crippen molar-refractivity contribution in [1.29, 1.82) is 0 Å². The van der Waals surface area contributed by atoms with Gasteiger partial charge < -0.3 is 4.74 Å². The molecule has 0 fully saturated rings. The van der Waals surface area contributed by atoms with Crippen molar-refractivity contribution in [1.82, 2.24) is 0 Å². The Morgan fingerprint density at radius 2 is 1.76 bits per heavy atom. The Labute approximate surface area is 126 Å². The van der Waals surface area contributed by atoms with Gasteiger partial charge >= 0.3 is 0 Å². The van der Waals surface area contributed by atoms with E-state index in [1.54, 1.807) is 13.2 Å². The molecule has 0 aliphatic carbocycles. The van der Waals surface area contributed by atoms with E-state index in [0.29, 0.717) is 5.56 Å². The minimum Gasteiger partial charge on any atom is -0.496 e. The minimum absolute atomic E-state index is 0.669. The summed E-state index contributed by atoms with van der Waals surface area (Å²) in [5.41, 5.74) is 6.62. The first-order valence-corrected chi connectivity index (χ1v) is 7.34. The predicted octanol–water partition coefficient (Wildman–Crippen LogP) is 4.74. The average molecular weight is 282 g/mol. The smallest absolute Gasteiger partial charge is 0.150 e. The molecule has 0 saturated carbocycles. The monoisotopic (exact) mass is 282 g/mol. The van der Waals surface area contributed by atoms with Crippen LogP contribution in [0.5, 0.6) is 5.75 Å². The average Bonchev–Trinajstić information content (AvgIpc) is 2.46. The Morgan fingerprint density at radius 1 is 1.10 bits per heavy atom. The van der Waals surface area contributed by atoms with Gasteiger partial charge in [-0.1, -0.05) is 25.5 Å². The summed E-state index contributed by atoms with van der Waals surface area (Å²) in [7, 11) is 1.66. The van der Waals surface area contributed by atoms with Gasteiger partial charge in [0.15, 0.2) is 0 Å². The third-order valence-corrected chi connectivity index (χ3v) is 3.76. The number of methoxy groups -OCH3 is 1. The largest absolute Gasteiger partial charge is 0.496 e. The molecule has 0 aromatic heterocycles. The van der Waals surface area contributed by atoms with Gasteiger partial charge in [-0.25, -0.2) is 0 Å². The zero-order valence-corrected chi connectivity index (χ0v) is 13.2. The summed E-state index contributed by atoms with van der Waals surface area (Å²) in [6.45, 7) is 6.43. The number of hydrogen-bond donors (Lipinski definition) is 0. The third-order valence-electron chi connectivity index (χ3n) is 3.76. The standard InChI is InChI=1S/C19H22O2/c1-5-6-15-9-13(2)19(14(3)10-15)17-11-16(12-20)7-8-18(17)21-4/h7-12H,5-6H2,1-4H3. The fraction of sp³-hybridized carbons (Fsp3) is 0.316. The molecule has 0 aliphatic heterocycles. The lowest BCUT2D eigenvalue weighted by atomic mass is 9.91. The van der Waals surface area contributed by atoms with E-state index in [1.807, 2.05) is 12.1 Å². The van der Waals surface area contributed by atoms with Crippen LogP contribution in [0.1, 0.15) is 40.4 Å². The first-order valence-electron chi connectivity index (χ1n) is 7.34. The second-order valence-corrected chi connectivity index (χ2v) is 5.43. The number of hydrogen-bond acceptors (Lipinski definition) is 2. The predicted molar refractivity (Wildman–Crippen MR) is 87.3 cm³/mol. The fourth-order valence-corrected chi connectivity index (χ4v) is 2.91. The van der Waals surface area contributed by atoms with Crippen molar-refractivity contribution in [2.45, 2.75) is 33.6 Å². The van der Waals surface area contributed by atoms with Crippen molar-refractivity contribution in [3.63, 3.8) is 0 Å². The molecule has 21 heavy (non-hydrogen) atoms. The van der Waals surface area contributed by atoms with Crippen LogP contribution in [0.3, 0.4) is 0 Å². The summed E-state index contributed by atoms with van der Waals surface area (Å²) < 4.78 is 5.47. The van der Waals surface area contributed by atoms with Crippen LogP contribution < -0.4 is 4.74 Å². The third kappa shape index (κ3) is 3.15. The van der Waals surface area contributed by atoms with Crippen LogP contribution in [0.2, 0.25) is 0 Å². The number of aldehydes is 1. The molecule has 0 amide bonds. The van der Waals surface area contributed by atoms with E-state index in [0.717, 1.165) is 36.0 Å². The highest BCUT2D eigenvalue weighted by Gasteiger charge is 2.13. The van der Waals surface area contributed by atoms with Gasteiger partial charge in [-0.05, 0) is 60.7 Å². The molecule has 2 nitrogen and oxygen atoms in total. The molecule has 2 rings (SSSR count). The van der Waals surface area contributed by atoms with Crippen LogP contribution in [-0.2, 0) is 6.42 Å². The van der Waals surface area contributed by atoms with Crippen LogP contribution in [0.4, 0.5) is 0 Å². The fourth-order valence-electron chi connectivity index (χ4n) is 2.91. The summed E-state index contributed by atoms with van der Waals surface area (Å²) in [6, 6.07) is 10.0. The van der Waals surface area contributed by atoms with E-state index >= 15 is 0 Å². The molecule has 0 N–H and O–H groups in total. The maximum atomic E-state index is 11.1. The highest BCUT2D eigenvalue weighted by Crippen LogP contribution is 2.36. The van der Waals surface area contributed by atoms with Crippen molar-refractivity contribution in [3.8, 4) is 16.9 Å². The van der Waals surface area contributed by atoms with E-state index in [9.17, 15) is 4.79 Å². The molecule has 0 atom stereocenters. The van der Waals surface area contributed by atoms with Gasteiger partial charge in [-0.3, -0.25) is 4.79 Å². The second-order valence-electron chi connectivity index (χ2n) is 5.43. The summed E-state index contributed by atoms with van der Waals surface area (Å²) in [5, 5.41) is 0. The number of aryl methyl sites for hydroxylation is 3. The quantitative estimate of drug-likeness (QED) is 0.740. The molecule has 2 aromatic rings. The first-order chi connectivity index (χ1) is 10.1. The Hall–Kier alpha value is -2.09. The zero-order valence-electron chi connectivity index (χ0n) is 13.2. The van der Waals surface area contributed by atoms with Crippen LogP contribution in [0.25, 0.3) is 11.1 Å². The van der Waals surface area contributed by atoms with Gasteiger partial charge in [0.1, 0.15) is 12.0 Å². The van der Waals surface area contributed by atoms with Gasteiger partial charge in [0.2, 0.25) is 0 Å². The van der Waals surface area contributed by atoms with Crippen molar-refractivity contribution in [2.75, 3.05) is 7.11 Å². The molecule has 0 radical (unpaired) electrons.